The molecule has 0 spiro atoms. The minimum absolute atomic E-state index is 0.225. The van der Waals surface area contributed by atoms with E-state index in [1.54, 1.807) is 14.2 Å². The average Bonchev–Trinajstić information content (AvgIpc) is 2.61. The smallest absolute Gasteiger partial charge is 0.315 e. The second-order valence-corrected chi connectivity index (χ2v) is 5.55. The van der Waals surface area contributed by atoms with Crippen molar-refractivity contribution in [3.8, 4) is 11.5 Å². The summed E-state index contributed by atoms with van der Waals surface area (Å²) in [6, 6.07) is 12.9. The Kier molecular flexibility index (Phi) is 6.75. The summed E-state index contributed by atoms with van der Waals surface area (Å²) in [5.74, 6) is 1.29. The first-order valence-corrected chi connectivity index (χ1v) is 7.98. The summed E-state index contributed by atoms with van der Waals surface area (Å²) in [4.78, 5) is 11.9. The first kappa shape index (κ1) is 17.9. The average molecular weight is 349 g/mol. The molecular weight excluding hydrogens is 328 g/mol. The number of amides is 2. The number of hydrogen-bond donors (Lipinski definition) is 2. The van der Waals surface area contributed by atoms with E-state index < -0.39 is 0 Å². The fourth-order valence-corrected chi connectivity index (χ4v) is 2.48. The summed E-state index contributed by atoms with van der Waals surface area (Å²) in [7, 11) is 3.17. The topological polar surface area (TPSA) is 59.6 Å². The Morgan fingerprint density at radius 2 is 1.79 bits per heavy atom. The predicted octanol–water partition coefficient (Wildman–Crippen LogP) is 3.40. The summed E-state index contributed by atoms with van der Waals surface area (Å²) in [6.07, 6.45) is 0.684. The van der Waals surface area contributed by atoms with Crippen molar-refractivity contribution in [2.75, 3.05) is 20.8 Å². The Morgan fingerprint density at radius 3 is 2.50 bits per heavy atom. The second kappa shape index (κ2) is 9.03. The maximum absolute atomic E-state index is 11.9. The lowest BCUT2D eigenvalue weighted by Crippen LogP contribution is -2.36. The number of carbonyl (C=O) groups is 1. The van der Waals surface area contributed by atoms with Crippen LogP contribution in [0.2, 0.25) is 5.02 Å². The quantitative estimate of drug-likeness (QED) is 0.806. The highest BCUT2D eigenvalue weighted by molar-refractivity contribution is 6.31. The van der Waals surface area contributed by atoms with Crippen LogP contribution in [0.1, 0.15) is 11.1 Å². The fourth-order valence-electron chi connectivity index (χ4n) is 2.25. The lowest BCUT2D eigenvalue weighted by atomic mass is 10.1. The van der Waals surface area contributed by atoms with Crippen molar-refractivity contribution >= 4 is 17.6 Å². The highest BCUT2D eigenvalue weighted by Gasteiger charge is 2.06. The number of hydrogen-bond acceptors (Lipinski definition) is 3. The molecule has 0 saturated heterocycles. The number of rotatable bonds is 7. The zero-order valence-corrected chi connectivity index (χ0v) is 14.5. The number of nitrogens with one attached hydrogen (secondary N) is 2. The molecule has 0 atom stereocenters. The standard InChI is InChI=1S/C18H21ClN2O3/c1-23-16-8-7-13(11-17(16)24-2)12-21-18(22)20-10-9-14-5-3-4-6-15(14)19/h3-8,11H,9-10,12H2,1-2H3,(H2,20,21,22). The van der Waals surface area contributed by atoms with Gasteiger partial charge in [-0.05, 0) is 35.7 Å². The Hall–Kier alpha value is -2.40. The van der Waals surface area contributed by atoms with Crippen molar-refractivity contribution in [3.63, 3.8) is 0 Å². The van der Waals surface area contributed by atoms with Gasteiger partial charge in [-0.15, -0.1) is 0 Å². The van der Waals surface area contributed by atoms with Crippen molar-refractivity contribution < 1.29 is 14.3 Å². The van der Waals surface area contributed by atoms with E-state index >= 15 is 0 Å². The number of urea groups is 1. The molecule has 0 saturated carbocycles. The van der Waals surface area contributed by atoms with E-state index in [1.165, 1.54) is 0 Å². The Balaban J connectivity index is 1.78. The third kappa shape index (κ3) is 5.06. The van der Waals surface area contributed by atoms with Crippen molar-refractivity contribution in [1.82, 2.24) is 10.6 Å². The zero-order chi connectivity index (χ0) is 17.4. The Labute approximate surface area is 146 Å². The van der Waals surface area contributed by atoms with Crippen molar-refractivity contribution in [3.05, 3.63) is 58.6 Å². The molecule has 2 amide bonds. The Bertz CT molecular complexity index is 692. The monoisotopic (exact) mass is 348 g/mol. The first-order chi connectivity index (χ1) is 11.6. The summed E-state index contributed by atoms with van der Waals surface area (Å²) < 4.78 is 10.4. The van der Waals surface area contributed by atoms with E-state index in [4.69, 9.17) is 21.1 Å². The second-order valence-electron chi connectivity index (χ2n) is 5.14. The molecule has 24 heavy (non-hydrogen) atoms. The number of carbonyl (C=O) groups excluding carboxylic acids is 1. The van der Waals surface area contributed by atoms with E-state index in [0.29, 0.717) is 36.0 Å². The highest BCUT2D eigenvalue weighted by atomic mass is 35.5. The molecule has 0 unspecified atom stereocenters. The van der Waals surface area contributed by atoms with Crippen LogP contribution in [0, 0.1) is 0 Å². The normalized spacial score (nSPS) is 10.1. The molecule has 5 nitrogen and oxygen atoms in total. The maximum atomic E-state index is 11.9. The molecule has 0 bridgehead atoms. The lowest BCUT2D eigenvalue weighted by molar-refractivity contribution is 0.240. The number of halogens is 1. The van der Waals surface area contributed by atoms with Crippen LogP contribution >= 0.6 is 11.6 Å². The molecule has 2 aromatic carbocycles. The molecule has 0 aromatic heterocycles. The zero-order valence-electron chi connectivity index (χ0n) is 13.8. The van der Waals surface area contributed by atoms with Crippen LogP contribution < -0.4 is 20.1 Å². The number of benzene rings is 2. The molecule has 128 valence electrons. The SMILES string of the molecule is COc1ccc(CNC(=O)NCCc2ccccc2Cl)cc1OC. The third-order valence-corrected chi connectivity index (χ3v) is 3.91. The summed E-state index contributed by atoms with van der Waals surface area (Å²) >= 11 is 6.08. The molecule has 6 heteroatoms. The first-order valence-electron chi connectivity index (χ1n) is 7.60. The van der Waals surface area contributed by atoms with Crippen molar-refractivity contribution in [1.29, 1.82) is 0 Å². The fraction of sp³-hybridized carbons (Fsp3) is 0.278. The van der Waals surface area contributed by atoms with Gasteiger partial charge in [0, 0.05) is 18.1 Å². The van der Waals surface area contributed by atoms with E-state index in [1.807, 2.05) is 42.5 Å². The molecule has 2 rings (SSSR count). The van der Waals surface area contributed by atoms with Crippen molar-refractivity contribution in [2.24, 2.45) is 0 Å². The van der Waals surface area contributed by atoms with Gasteiger partial charge in [-0.25, -0.2) is 4.79 Å². The van der Waals surface area contributed by atoms with Gasteiger partial charge in [-0.3, -0.25) is 0 Å². The van der Waals surface area contributed by atoms with Gasteiger partial charge in [0.05, 0.1) is 14.2 Å². The number of ether oxygens (including phenoxy) is 2. The van der Waals surface area contributed by atoms with Gasteiger partial charge in [0.2, 0.25) is 0 Å². The van der Waals surface area contributed by atoms with Gasteiger partial charge in [0.25, 0.3) is 0 Å². The van der Waals surface area contributed by atoms with Crippen LogP contribution in [0.4, 0.5) is 4.79 Å². The van der Waals surface area contributed by atoms with Gasteiger partial charge >= 0.3 is 6.03 Å². The van der Waals surface area contributed by atoms with Gasteiger partial charge < -0.3 is 20.1 Å². The predicted molar refractivity (Wildman–Crippen MR) is 94.9 cm³/mol. The molecule has 0 aliphatic carbocycles. The van der Waals surface area contributed by atoms with Crippen LogP contribution in [0.15, 0.2) is 42.5 Å². The molecule has 2 N–H and O–H groups in total. The minimum Gasteiger partial charge on any atom is -0.493 e. The molecular formula is C18H21ClN2O3. The molecule has 0 heterocycles. The van der Waals surface area contributed by atoms with Crippen LogP contribution in [0.25, 0.3) is 0 Å². The van der Waals surface area contributed by atoms with Crippen LogP contribution in [-0.4, -0.2) is 26.8 Å². The summed E-state index contributed by atoms with van der Waals surface area (Å²) in [5, 5.41) is 6.34. The van der Waals surface area contributed by atoms with Gasteiger partial charge in [-0.2, -0.15) is 0 Å². The summed E-state index contributed by atoms with van der Waals surface area (Å²) in [6.45, 7) is 0.916. The van der Waals surface area contributed by atoms with E-state index in [2.05, 4.69) is 10.6 Å². The summed E-state index contributed by atoms with van der Waals surface area (Å²) in [5.41, 5.74) is 1.94. The highest BCUT2D eigenvalue weighted by Crippen LogP contribution is 2.27. The van der Waals surface area contributed by atoms with E-state index in [0.717, 1.165) is 11.1 Å². The minimum atomic E-state index is -0.225. The largest absolute Gasteiger partial charge is 0.493 e. The molecule has 2 aromatic rings. The van der Waals surface area contributed by atoms with Crippen LogP contribution in [0.3, 0.4) is 0 Å². The van der Waals surface area contributed by atoms with Gasteiger partial charge in [-0.1, -0.05) is 35.9 Å². The number of methoxy groups -OCH3 is 2. The molecule has 0 fully saturated rings. The molecule has 0 radical (unpaired) electrons. The maximum Gasteiger partial charge on any atom is 0.315 e. The molecule has 0 aliphatic heterocycles. The third-order valence-electron chi connectivity index (χ3n) is 3.54. The van der Waals surface area contributed by atoms with E-state index in [9.17, 15) is 4.79 Å². The van der Waals surface area contributed by atoms with Gasteiger partial charge in [0.1, 0.15) is 0 Å². The molecule has 0 aliphatic rings. The van der Waals surface area contributed by atoms with E-state index in [-0.39, 0.29) is 6.03 Å². The van der Waals surface area contributed by atoms with Crippen molar-refractivity contribution in [2.45, 2.75) is 13.0 Å². The Morgan fingerprint density at radius 1 is 1.04 bits per heavy atom. The van der Waals surface area contributed by atoms with Crippen LogP contribution in [0.5, 0.6) is 11.5 Å². The van der Waals surface area contributed by atoms with Gasteiger partial charge in [0.15, 0.2) is 11.5 Å². The van der Waals surface area contributed by atoms with Crippen LogP contribution in [-0.2, 0) is 13.0 Å². The lowest BCUT2D eigenvalue weighted by Gasteiger charge is -2.11.